The lowest BCUT2D eigenvalue weighted by atomic mass is 9.87. The van der Waals surface area contributed by atoms with E-state index < -0.39 is 50.0 Å². The average molecular weight is 651 g/mol. The number of anilines is 1. The fraction of sp³-hybridized carbons (Fsp3) is 0.571. The number of imidazole rings is 1. The van der Waals surface area contributed by atoms with Crippen molar-refractivity contribution < 1.29 is 37.0 Å². The van der Waals surface area contributed by atoms with Gasteiger partial charge in [-0.2, -0.15) is 5.10 Å². The number of ether oxygens (including phenoxy) is 1. The van der Waals surface area contributed by atoms with Crippen molar-refractivity contribution in [3.05, 3.63) is 30.1 Å². The highest BCUT2D eigenvalue weighted by molar-refractivity contribution is 8.46. The van der Waals surface area contributed by atoms with E-state index in [1.165, 1.54) is 23.3 Å². The second kappa shape index (κ2) is 11.9. The number of carbonyl (C=O) groups excluding carboxylic acids is 1. The highest BCUT2D eigenvalue weighted by Crippen LogP contribution is 2.63. The summed E-state index contributed by atoms with van der Waals surface area (Å²) >= 11 is 9.47. The van der Waals surface area contributed by atoms with Crippen LogP contribution in [0.15, 0.2) is 18.7 Å². The van der Waals surface area contributed by atoms with Crippen LogP contribution in [-0.4, -0.2) is 78.3 Å². The first-order chi connectivity index (χ1) is 19.4. The van der Waals surface area contributed by atoms with E-state index in [0.29, 0.717) is 18.5 Å². The highest BCUT2D eigenvalue weighted by Gasteiger charge is 2.55. The number of nitrogens with one attached hydrogen (secondary N) is 1. The second-order valence-electron chi connectivity index (χ2n) is 9.84. The van der Waals surface area contributed by atoms with Gasteiger partial charge in [-0.25, -0.2) is 19.3 Å². The van der Waals surface area contributed by atoms with Crippen LogP contribution >= 0.6 is 25.5 Å². The molecule has 2 aliphatic rings. The first-order valence-corrected chi connectivity index (χ1v) is 18.0. The van der Waals surface area contributed by atoms with E-state index in [1.807, 2.05) is 6.92 Å². The molecule has 0 aliphatic carbocycles. The Kier molecular flexibility index (Phi) is 8.86. The van der Waals surface area contributed by atoms with Crippen molar-refractivity contribution in [1.82, 2.24) is 29.7 Å². The zero-order chi connectivity index (χ0) is 29.5. The lowest BCUT2D eigenvalue weighted by molar-refractivity contribution is -0.0338. The van der Waals surface area contributed by atoms with Gasteiger partial charge in [-0.05, 0) is 36.6 Å². The summed E-state index contributed by atoms with van der Waals surface area (Å²) < 4.78 is 54.0. The number of aromatic nitrogens is 6. The average Bonchev–Trinajstić information content (AvgIpc) is 3.64. The third-order valence-electron chi connectivity index (χ3n) is 7.11. The molecule has 8 atom stereocenters. The predicted molar refractivity (Wildman–Crippen MR) is 152 cm³/mol. The van der Waals surface area contributed by atoms with Gasteiger partial charge in [0.15, 0.2) is 23.9 Å². The van der Waals surface area contributed by atoms with E-state index in [-0.39, 0.29) is 47.7 Å². The van der Waals surface area contributed by atoms with Gasteiger partial charge in [0.2, 0.25) is 0 Å². The van der Waals surface area contributed by atoms with Gasteiger partial charge in [-0.15, -0.1) is 0 Å². The molecule has 41 heavy (non-hydrogen) atoms. The maximum absolute atomic E-state index is 16.1. The van der Waals surface area contributed by atoms with Gasteiger partial charge in [0, 0.05) is 11.6 Å². The van der Waals surface area contributed by atoms with Gasteiger partial charge in [0.1, 0.15) is 23.2 Å². The molecule has 5 heterocycles. The van der Waals surface area contributed by atoms with Crippen LogP contribution < -0.4 is 11.5 Å². The van der Waals surface area contributed by atoms with E-state index in [1.54, 1.807) is 0 Å². The van der Waals surface area contributed by atoms with Gasteiger partial charge in [-0.1, -0.05) is 19.2 Å². The SMILES string of the molecule is C[C@H]1COP(O)(=S)OC[C@H]2O[C@@H](n3cnc4c(N)ncnc43)[C@H](F)[C@@H]2P(=O)(S)OCCC[C@H]1c1cc(C(N)=O)n[nH]1. The van der Waals surface area contributed by atoms with Crippen molar-refractivity contribution in [2.24, 2.45) is 11.7 Å². The normalized spacial score (nSPS) is 35.6. The summed E-state index contributed by atoms with van der Waals surface area (Å²) in [5.74, 6) is -1.10. The Balaban J connectivity index is 1.41. The van der Waals surface area contributed by atoms with Crippen LogP contribution in [0.3, 0.4) is 0 Å². The van der Waals surface area contributed by atoms with E-state index in [9.17, 15) is 14.3 Å². The van der Waals surface area contributed by atoms with E-state index in [4.69, 9.17) is 41.6 Å². The number of hydrogen-bond acceptors (Lipinski definition) is 12. The van der Waals surface area contributed by atoms with Crippen LogP contribution in [-0.2, 0) is 34.7 Å². The van der Waals surface area contributed by atoms with Crippen molar-refractivity contribution in [2.45, 2.75) is 49.8 Å². The molecule has 2 unspecified atom stereocenters. The monoisotopic (exact) mass is 650 g/mol. The van der Waals surface area contributed by atoms with Gasteiger partial charge in [0.05, 0.1) is 32.3 Å². The molecule has 6 N–H and O–H groups in total. The van der Waals surface area contributed by atoms with E-state index in [0.717, 1.165) is 0 Å². The summed E-state index contributed by atoms with van der Waals surface area (Å²) in [5, 5.41) is 6.75. The van der Waals surface area contributed by atoms with Crippen LogP contribution in [0, 0.1) is 5.92 Å². The standard InChI is InChI=1S/C21H29FN8O7P2S2/c1-10-6-35-39(33,41)36-7-14-17(15(22)21(37-14)30-9-27-16-18(23)25-8-26-20(16)30)38(32,40)34-4-2-3-11(10)12-5-13(19(24)31)29-28-12/h5,8-11,14-15,17,21H,2-4,6-7H2,1H3,(H2,24,31)(H,28,29)(H,32,40)(H,33,41)(H2,23,25,26)/t10-,11+,14+,15+,17+,21+,38?,39?/m0/s1. The van der Waals surface area contributed by atoms with Gasteiger partial charge in [0.25, 0.3) is 12.5 Å². The maximum atomic E-state index is 16.1. The number of halogens is 1. The minimum absolute atomic E-state index is 0.000748. The van der Waals surface area contributed by atoms with Crippen molar-refractivity contribution in [3.8, 4) is 0 Å². The number of nitrogens with two attached hydrogens (primary N) is 2. The molecular weight excluding hydrogens is 621 g/mol. The number of primary amides is 1. The summed E-state index contributed by atoms with van der Waals surface area (Å²) in [4.78, 5) is 34.5. The van der Waals surface area contributed by atoms with Crippen molar-refractivity contribution >= 4 is 60.2 Å². The Hall–Kier alpha value is -2.01. The Morgan fingerprint density at radius 3 is 2.78 bits per heavy atom. The number of aromatic amines is 1. The minimum atomic E-state index is -3.99. The third-order valence-corrected chi connectivity index (χ3v) is 11.8. The molecule has 0 radical (unpaired) electrons. The van der Waals surface area contributed by atoms with Gasteiger partial charge in [-0.3, -0.25) is 19.0 Å². The molecule has 0 saturated carbocycles. The quantitative estimate of drug-likeness (QED) is 0.204. The number of nitrogen functional groups attached to an aromatic ring is 1. The number of nitrogens with zero attached hydrogens (tertiary/aromatic N) is 5. The van der Waals surface area contributed by atoms with E-state index in [2.05, 4.69) is 37.4 Å². The van der Waals surface area contributed by atoms with Crippen LogP contribution in [0.1, 0.15) is 48.1 Å². The van der Waals surface area contributed by atoms with Gasteiger partial charge >= 0.3 is 6.72 Å². The van der Waals surface area contributed by atoms with Crippen molar-refractivity contribution in [1.29, 1.82) is 0 Å². The Labute approximate surface area is 243 Å². The fourth-order valence-corrected chi connectivity index (χ4v) is 8.95. The molecule has 15 nitrogen and oxygen atoms in total. The van der Waals surface area contributed by atoms with Crippen LogP contribution in [0.4, 0.5) is 10.2 Å². The molecular formula is C21H29FN8O7P2S2. The number of hydrogen-bond donors (Lipinski definition) is 5. The van der Waals surface area contributed by atoms with Gasteiger partial charge < -0.3 is 34.7 Å². The first kappa shape index (κ1) is 30.4. The summed E-state index contributed by atoms with van der Waals surface area (Å²) in [6.07, 6.45) is -1.09. The molecule has 20 heteroatoms. The molecule has 3 aromatic rings. The molecule has 0 aromatic carbocycles. The number of rotatable bonds is 3. The van der Waals surface area contributed by atoms with Crippen LogP contribution in [0.5, 0.6) is 0 Å². The number of amides is 1. The number of H-pyrrole nitrogens is 1. The zero-order valence-electron chi connectivity index (χ0n) is 21.6. The lowest BCUT2D eigenvalue weighted by Crippen LogP contribution is -2.31. The molecule has 2 fully saturated rings. The number of carbonyl (C=O) groups is 1. The highest BCUT2D eigenvalue weighted by atomic mass is 32.7. The van der Waals surface area contributed by atoms with Crippen LogP contribution in [0.2, 0.25) is 0 Å². The summed E-state index contributed by atoms with van der Waals surface area (Å²) in [5.41, 5.74) is 10.9. The van der Waals surface area contributed by atoms with Crippen LogP contribution in [0.25, 0.3) is 11.2 Å². The smallest absolute Gasteiger partial charge is 0.324 e. The van der Waals surface area contributed by atoms with E-state index >= 15 is 4.39 Å². The predicted octanol–water partition coefficient (Wildman–Crippen LogP) is 2.44. The molecule has 5 rings (SSSR count). The summed E-state index contributed by atoms with van der Waals surface area (Å²) in [6, 6.07) is 1.54. The Morgan fingerprint density at radius 1 is 1.29 bits per heavy atom. The van der Waals surface area contributed by atoms with Crippen molar-refractivity contribution in [3.63, 3.8) is 0 Å². The molecule has 1 amide bonds. The third kappa shape index (κ3) is 6.36. The number of alkyl halides is 1. The minimum Gasteiger partial charge on any atom is -0.382 e. The zero-order valence-corrected chi connectivity index (χ0v) is 25.1. The Morgan fingerprint density at radius 2 is 2.05 bits per heavy atom. The summed E-state index contributed by atoms with van der Waals surface area (Å²) in [7, 11) is 0. The molecule has 0 bridgehead atoms. The Bertz CT molecular complexity index is 1530. The summed E-state index contributed by atoms with van der Waals surface area (Å²) in [6.45, 7) is -6.44. The number of fused-ring (bicyclic) bond motifs is 2. The first-order valence-electron chi connectivity index (χ1n) is 12.5. The van der Waals surface area contributed by atoms with Crippen molar-refractivity contribution in [2.75, 3.05) is 25.6 Å². The second-order valence-corrected chi connectivity index (χ2v) is 16.3. The largest absolute Gasteiger partial charge is 0.382 e. The molecule has 3 aromatic heterocycles. The topological polar surface area (TPSA) is 216 Å². The fourth-order valence-electron chi connectivity index (χ4n) is 5.03. The molecule has 224 valence electrons. The molecule has 2 aliphatic heterocycles. The maximum Gasteiger partial charge on any atom is 0.324 e. The lowest BCUT2D eigenvalue weighted by Gasteiger charge is -2.28. The molecule has 0 spiro atoms. The number of thiol groups is 1. The molecule has 2 saturated heterocycles.